The minimum absolute atomic E-state index is 0.0963. The minimum Gasteiger partial charge on any atom is -0.490 e. The second-order valence-corrected chi connectivity index (χ2v) is 38.8. The summed E-state index contributed by atoms with van der Waals surface area (Å²) in [5.74, 6) is 1.46. The summed E-state index contributed by atoms with van der Waals surface area (Å²) in [6, 6.07) is 47.6. The van der Waals surface area contributed by atoms with Crippen LogP contribution in [0.25, 0.3) is 33.4 Å². The molecule has 0 saturated heterocycles. The molecule has 16 rings (SSSR count). The Morgan fingerprint density at radius 3 is 1.08 bits per heavy atom. The van der Waals surface area contributed by atoms with Gasteiger partial charge in [-0.2, -0.15) is 0 Å². The highest BCUT2D eigenvalue weighted by molar-refractivity contribution is 8.02. The molecule has 10 aromatic rings. The summed E-state index contributed by atoms with van der Waals surface area (Å²) in [6.07, 6.45) is 28.5. The zero-order valence-corrected chi connectivity index (χ0v) is 84.4. The highest BCUT2D eigenvalue weighted by Crippen LogP contribution is 2.53. The van der Waals surface area contributed by atoms with Crippen molar-refractivity contribution in [3.05, 3.63) is 261 Å². The van der Waals surface area contributed by atoms with Crippen LogP contribution >= 0.6 is 0 Å². The predicted molar refractivity (Wildman–Crippen MR) is 574 cm³/mol. The number of carbonyl (C=O) groups is 5. The van der Waals surface area contributed by atoms with Crippen LogP contribution in [0.15, 0.2) is 177 Å². The Balaban J connectivity index is 0.000000172. The van der Waals surface area contributed by atoms with Crippen LogP contribution in [0, 0.1) is 27.7 Å². The van der Waals surface area contributed by atoms with Crippen LogP contribution < -0.4 is 35.5 Å². The number of unbranched alkanes of at least 4 members (excludes halogenated alkanes) is 4. The van der Waals surface area contributed by atoms with Crippen LogP contribution in [0.1, 0.15) is 243 Å². The highest BCUT2D eigenvalue weighted by atomic mass is 16.5. The van der Waals surface area contributed by atoms with Crippen molar-refractivity contribution in [1.29, 1.82) is 0 Å². The number of aliphatic hydroxyl groups excluding tert-OH is 5. The molecule has 0 spiro atoms. The van der Waals surface area contributed by atoms with E-state index in [1.165, 1.54) is 54.7 Å². The fourth-order valence-corrected chi connectivity index (χ4v) is 17.3. The number of nitrogens with zero attached hydrogens (tertiary/aromatic N) is 7. The van der Waals surface area contributed by atoms with Crippen molar-refractivity contribution in [2.24, 2.45) is 0 Å². The lowest BCUT2D eigenvalue weighted by atomic mass is 8.56. The molecule has 3 aromatic carbocycles. The number of aryl methyl sites for hydroxylation is 8. The van der Waals surface area contributed by atoms with E-state index >= 15 is 0 Å². The van der Waals surface area contributed by atoms with Crippen LogP contribution in [0.2, 0.25) is 0 Å². The Morgan fingerprint density at radius 2 is 0.772 bits per heavy atom. The molecule has 145 heavy (non-hydrogen) atoms. The average Bonchev–Trinajstić information content (AvgIpc) is 1.60. The number of esters is 2. The van der Waals surface area contributed by atoms with Crippen molar-refractivity contribution >= 4 is 109 Å². The average molecular weight is 1950 g/mol. The van der Waals surface area contributed by atoms with E-state index in [1.807, 2.05) is 86.6 Å². The first kappa shape index (κ1) is 113. The van der Waals surface area contributed by atoms with E-state index in [-0.39, 0.29) is 60.2 Å². The van der Waals surface area contributed by atoms with Crippen molar-refractivity contribution in [3.63, 3.8) is 0 Å². The molecule has 6 aliphatic carbocycles. The fourth-order valence-electron chi connectivity index (χ4n) is 17.3. The quantitative estimate of drug-likeness (QED) is 0.00732. The summed E-state index contributed by atoms with van der Waals surface area (Å²) in [7, 11) is 36.3. The van der Waals surface area contributed by atoms with E-state index in [1.54, 1.807) is 0 Å². The lowest BCUT2D eigenvalue weighted by Gasteiger charge is -2.25. The van der Waals surface area contributed by atoms with Crippen LogP contribution in [-0.2, 0) is 90.6 Å². The number of carboxylic acids is 1. The van der Waals surface area contributed by atoms with Gasteiger partial charge >= 0.3 is 17.9 Å². The molecule has 6 saturated carbocycles. The number of rotatable bonds is 52. The van der Waals surface area contributed by atoms with Crippen molar-refractivity contribution in [2.45, 2.75) is 286 Å². The number of aliphatic hydroxyl groups is 5. The summed E-state index contributed by atoms with van der Waals surface area (Å²) in [6.45, 7) is 9.10. The maximum Gasteiger partial charge on any atom is 0.305 e. The van der Waals surface area contributed by atoms with Gasteiger partial charge < -0.3 is 75.6 Å². The number of aromatic nitrogens is 7. The first-order chi connectivity index (χ1) is 70.0. The number of carboxylic acid groups (broad SMARTS) is 1. The number of benzene rings is 3. The number of para-hydroxylation sites is 3. The standard InChI is InChI=1S/C35H46N4O7.C30H35N3O3.C29H33N3O3.C13H17NO3.B11/c1-22-10-11-23(6-2-5-9-32(43)37-20-29(41)33(44)34(45)30(42)21-40)39-28(22)19-38-35(15-16-35)27-18-36-17-14-25(27)26-7-3-4-8-31(26)46-24-12-13-24;1-21-11-12-22(7-3-6-10-29(34)35-2)33-27(21)20-32-30(16-17-30)26-19-31-18-15-24(26)25-8-4-5-9-28(25)36-23-13-14-23;1-20-10-11-21(6-2-5-9-28(33)34)32-26(20)19-31-29(15-16-29)25-18-30-17-14-23(25)24-7-3-4-8-27(24)35-22-12-13-22;1-10-7-8-11(14-12(10)9-15)5-3-4-6-13(16)17-2;1-7-10(6)11(8(2)3)9(4)5/h3-4,7-8,10-11,14,17-18,24,29-30,33-34,38,40-42,44-45H,2,5-6,9,12-13,15-16,19-21H2,1H3,(H,37,43);4-5,8-9,11-12,15,18-19,23,32H,3,6-7,10,13-14,16-17,20H2,1-2H3;3-4,7-8,10-11,14,17-18,22,31H,2,5-6,9,12-13,15-16,19H2,1H3,(H,33,34);7-9H,3-6H2,1-2H3;/t29-,30+,33+,34+;;;;/m0..../s1. The maximum absolute atomic E-state index is 12.2. The third-order valence-corrected chi connectivity index (χ3v) is 27.2. The van der Waals surface area contributed by atoms with Crippen LogP contribution in [-0.4, -0.2) is 245 Å². The molecule has 0 aliphatic heterocycles. The van der Waals surface area contributed by atoms with Crippen molar-refractivity contribution in [2.75, 3.05) is 27.4 Å². The highest BCUT2D eigenvalue weighted by Gasteiger charge is 2.49. The molecule has 6 fully saturated rings. The van der Waals surface area contributed by atoms with Gasteiger partial charge in [-0.15, -0.1) is 0 Å². The molecule has 0 bridgehead atoms. The van der Waals surface area contributed by atoms with E-state index in [0.29, 0.717) is 75.7 Å². The Kier molecular flexibility index (Phi) is 43.3. The van der Waals surface area contributed by atoms with Gasteiger partial charge in [-0.05, 0) is 298 Å². The fraction of sp³-hybridized carbons (Fsp3) is 0.458. The van der Waals surface area contributed by atoms with Crippen molar-refractivity contribution in [1.82, 2.24) is 56.2 Å². The SMILES string of the molecule is COC(=O)CCCCc1ccc(C)c(C=O)n1.COC(=O)CCCCc1ccc(C)c(CNC2(c3cnccc3-c3ccccc3OC3CC3)CC2)n1.Cc1ccc(CCCCC(=O)NC[C@H](O)[C@@H](O)[C@H](O)[C@H](O)CO)nc1CNC1(c2cnccc2-c2ccccc2OC2CC2)CC1.Cc1ccc(CCCCC(=O)O)nc1CNC1(c2cnccc2-c2ccccc2OC2CC2)CC1.[B][B]B([B])B(B([B])[B])B([B])[B]. The Bertz CT molecular complexity index is 5880. The molecule has 1 amide bonds. The van der Waals surface area contributed by atoms with E-state index < -0.39 is 56.1 Å². The molecule has 27 nitrogen and oxygen atoms in total. The maximum atomic E-state index is 12.2. The molecule has 38 heteroatoms. The van der Waals surface area contributed by atoms with Gasteiger partial charge in [0.25, 0.3) is 0 Å². The number of aliphatic carboxylic acids is 1. The van der Waals surface area contributed by atoms with Gasteiger partial charge in [0.05, 0.1) is 62.3 Å². The third-order valence-electron chi connectivity index (χ3n) is 27.2. The van der Waals surface area contributed by atoms with E-state index in [0.717, 1.165) is 237 Å². The van der Waals surface area contributed by atoms with Gasteiger partial charge in [-0.25, -0.2) is 4.98 Å². The number of pyridine rings is 7. The summed E-state index contributed by atoms with van der Waals surface area (Å²) in [5.41, 5.74) is 22.0. The molecule has 10 N–H and O–H groups in total. The smallest absolute Gasteiger partial charge is 0.305 e. The number of hydrogen-bond acceptors (Lipinski definition) is 25. The van der Waals surface area contributed by atoms with Gasteiger partial charge in [0.1, 0.15) is 41.3 Å². The van der Waals surface area contributed by atoms with E-state index in [9.17, 15) is 44.4 Å². The molecule has 6 aliphatic rings. The molecular weight excluding hydrogens is 1810 g/mol. The van der Waals surface area contributed by atoms with Gasteiger partial charge in [-0.1, -0.05) is 78.9 Å². The molecule has 13 radical (unpaired) electrons. The van der Waals surface area contributed by atoms with Gasteiger partial charge in [0.2, 0.25) is 5.91 Å². The number of nitrogens with one attached hydrogen (secondary N) is 4. The summed E-state index contributed by atoms with van der Waals surface area (Å²) < 4.78 is 28.0. The Hall–Kier alpha value is -10.9. The largest absolute Gasteiger partial charge is 0.490 e. The first-order valence-electron chi connectivity index (χ1n) is 50.9. The lowest BCUT2D eigenvalue weighted by Crippen LogP contribution is -2.63. The Morgan fingerprint density at radius 1 is 0.441 bits per heavy atom. The monoisotopic (exact) mass is 1950 g/mol. The van der Waals surface area contributed by atoms with Crippen LogP contribution in [0.3, 0.4) is 0 Å². The topological polar surface area (TPSA) is 391 Å². The molecule has 7 heterocycles. The number of aldehydes is 1. The zero-order chi connectivity index (χ0) is 104. The van der Waals surface area contributed by atoms with Crippen molar-refractivity contribution in [3.8, 4) is 50.6 Å². The molecule has 0 unspecified atom stereocenters. The molecule has 4 atom stereocenters. The first-order valence-corrected chi connectivity index (χ1v) is 50.9. The van der Waals surface area contributed by atoms with Gasteiger partial charge in [0, 0.05) is 224 Å². The summed E-state index contributed by atoms with van der Waals surface area (Å²) in [5, 5.41) is 70.7. The number of hydrogen-bond donors (Lipinski definition) is 10. The molecule has 743 valence electrons. The Labute approximate surface area is 864 Å². The summed E-state index contributed by atoms with van der Waals surface area (Å²) >= 11 is 0. The second kappa shape index (κ2) is 55.7. The predicted octanol–water partition coefficient (Wildman–Crippen LogP) is 11.2. The minimum atomic E-state index is -1.73. The van der Waals surface area contributed by atoms with Gasteiger partial charge in [-0.3, -0.25) is 53.9 Å². The number of amides is 1. The van der Waals surface area contributed by atoms with E-state index in [4.69, 9.17) is 90.5 Å². The van der Waals surface area contributed by atoms with E-state index in [2.05, 4.69) is 164 Å². The van der Waals surface area contributed by atoms with Crippen molar-refractivity contribution < 1.29 is 78.3 Å². The van der Waals surface area contributed by atoms with Gasteiger partial charge in [0.15, 0.2) is 6.29 Å². The number of carbonyl (C=O) groups excluding carboxylic acids is 4. The van der Waals surface area contributed by atoms with Crippen LogP contribution in [0.5, 0.6) is 17.2 Å². The molecule has 7 aromatic heterocycles. The normalized spacial score (nSPS) is 15.4. The van der Waals surface area contributed by atoms with Crippen LogP contribution in [0.4, 0.5) is 0 Å². The zero-order valence-electron chi connectivity index (χ0n) is 84.4. The number of methoxy groups -OCH3 is 2. The third kappa shape index (κ3) is 34.3. The lowest BCUT2D eigenvalue weighted by molar-refractivity contribution is -0.141. The second-order valence-electron chi connectivity index (χ2n) is 38.8. The summed E-state index contributed by atoms with van der Waals surface area (Å²) in [4.78, 5) is 88.5. The molecular formula is C107H131B11N11O16. The number of ether oxygens (including phenoxy) is 5.